The molecule has 4 rings (SSSR count). The highest BCUT2D eigenvalue weighted by molar-refractivity contribution is 5.83. The molecule has 178 valence electrons. The number of hydrogen-bond donors (Lipinski definition) is 0. The number of alkyl halides is 3. The van der Waals surface area contributed by atoms with E-state index in [0.29, 0.717) is 22.8 Å². The van der Waals surface area contributed by atoms with Gasteiger partial charge in [0.15, 0.2) is 0 Å². The fraction of sp³-hybridized carbons (Fsp3) is 0.462. The van der Waals surface area contributed by atoms with Gasteiger partial charge in [-0.3, -0.25) is 4.79 Å². The van der Waals surface area contributed by atoms with E-state index in [2.05, 4.69) is 25.8 Å². The third-order valence-electron chi connectivity index (χ3n) is 5.60. The predicted octanol–water partition coefficient (Wildman–Crippen LogP) is 7.26. The second kappa shape index (κ2) is 10.9. The molecule has 1 heterocycles. The number of para-hydroxylation sites is 2. The zero-order valence-electron chi connectivity index (χ0n) is 19.4. The topological polar surface area (TPSA) is 44.1 Å². The average Bonchev–Trinajstić information content (AvgIpc) is 3.12. The van der Waals surface area contributed by atoms with Gasteiger partial charge < -0.3 is 9.30 Å². The molecule has 7 heteroatoms. The summed E-state index contributed by atoms with van der Waals surface area (Å²) < 4.78 is 46.1. The first-order valence-electron chi connectivity index (χ1n) is 11.5. The number of carbonyl (C=O) groups is 1. The summed E-state index contributed by atoms with van der Waals surface area (Å²) in [6.45, 7) is 6.37. The molecule has 3 aromatic rings. The molecule has 0 saturated heterocycles. The summed E-state index contributed by atoms with van der Waals surface area (Å²) in [5.41, 5.74) is 1.20. The molecule has 2 unspecified atom stereocenters. The number of imidazole rings is 1. The van der Waals surface area contributed by atoms with E-state index in [1.807, 2.05) is 24.3 Å². The minimum atomic E-state index is -4.40. The first kappa shape index (κ1) is 24.8. The molecule has 1 fully saturated rings. The van der Waals surface area contributed by atoms with E-state index in [1.165, 1.54) is 18.6 Å². The highest BCUT2D eigenvalue weighted by Gasteiger charge is 2.30. The van der Waals surface area contributed by atoms with E-state index >= 15 is 0 Å². The van der Waals surface area contributed by atoms with Crippen molar-refractivity contribution >= 4 is 17.0 Å². The number of carbonyl (C=O) groups excluding carboxylic acids is 1. The number of aromatic nitrogens is 2. The molecule has 1 saturated carbocycles. The van der Waals surface area contributed by atoms with Crippen molar-refractivity contribution in [3.8, 4) is 11.4 Å². The molecule has 1 aromatic heterocycles. The Bertz CT molecular complexity index is 1060. The Hall–Kier alpha value is -2.83. The molecule has 1 aliphatic rings. The predicted molar refractivity (Wildman–Crippen MR) is 124 cm³/mol. The molecule has 0 bridgehead atoms. The molecule has 0 amide bonds. The van der Waals surface area contributed by atoms with Gasteiger partial charge in [-0.15, -0.1) is 0 Å². The monoisotopic (exact) mass is 460 g/mol. The standard InChI is InChI=1S/C23H23F3N2O2.C3H8/c1-15-5-4-6-18(13-15)30-21(29)14-28-20-8-3-2-7-19(20)27-22(28)16-9-11-17(12-10-16)23(24,25)26;1-3-2/h2-3,7-12,15,18H,4-6,13-14H2,1H3;3H2,1-2H3. The maximum Gasteiger partial charge on any atom is 0.416 e. The van der Waals surface area contributed by atoms with Crippen molar-refractivity contribution < 1.29 is 22.7 Å². The van der Waals surface area contributed by atoms with Crippen LogP contribution in [0.4, 0.5) is 13.2 Å². The fourth-order valence-electron chi connectivity index (χ4n) is 4.10. The van der Waals surface area contributed by atoms with Gasteiger partial charge in [-0.05, 0) is 49.4 Å². The van der Waals surface area contributed by atoms with Gasteiger partial charge in [0.25, 0.3) is 0 Å². The Morgan fingerprint density at radius 2 is 1.76 bits per heavy atom. The van der Waals surface area contributed by atoms with E-state index in [9.17, 15) is 18.0 Å². The summed E-state index contributed by atoms with van der Waals surface area (Å²) in [6.07, 6.45) is 0.696. The minimum absolute atomic E-state index is 0.0399. The second-order valence-corrected chi connectivity index (χ2v) is 8.68. The molecule has 0 radical (unpaired) electrons. The minimum Gasteiger partial charge on any atom is -0.461 e. The van der Waals surface area contributed by atoms with Crippen LogP contribution in [0.3, 0.4) is 0 Å². The first-order chi connectivity index (χ1) is 15.7. The fourth-order valence-corrected chi connectivity index (χ4v) is 4.10. The van der Waals surface area contributed by atoms with Crippen LogP contribution in [-0.4, -0.2) is 21.6 Å². The molecule has 2 aromatic carbocycles. The SMILES string of the molecule is CC1CCCC(OC(=O)Cn2c(-c3ccc(C(F)(F)F)cc3)nc3ccccc32)C1.CCC. The summed E-state index contributed by atoms with van der Waals surface area (Å²) in [5, 5.41) is 0. The van der Waals surface area contributed by atoms with Crippen molar-refractivity contribution in [2.24, 2.45) is 5.92 Å². The van der Waals surface area contributed by atoms with Crippen molar-refractivity contribution in [2.45, 2.75) is 71.7 Å². The van der Waals surface area contributed by atoms with Gasteiger partial charge in [0.05, 0.1) is 16.6 Å². The number of rotatable bonds is 4. The molecule has 33 heavy (non-hydrogen) atoms. The van der Waals surface area contributed by atoms with Crippen molar-refractivity contribution in [3.05, 3.63) is 54.1 Å². The molecule has 0 aliphatic heterocycles. The Morgan fingerprint density at radius 3 is 2.39 bits per heavy atom. The van der Waals surface area contributed by atoms with Gasteiger partial charge in [0, 0.05) is 5.56 Å². The quantitative estimate of drug-likeness (QED) is 0.385. The van der Waals surface area contributed by atoms with Crippen LogP contribution >= 0.6 is 0 Å². The Labute approximate surface area is 192 Å². The molecule has 0 N–H and O–H groups in total. The molecule has 2 atom stereocenters. The number of esters is 1. The number of ether oxygens (including phenoxy) is 1. The second-order valence-electron chi connectivity index (χ2n) is 8.68. The van der Waals surface area contributed by atoms with Gasteiger partial charge in [0.1, 0.15) is 18.5 Å². The van der Waals surface area contributed by atoms with E-state index in [0.717, 1.165) is 43.3 Å². The lowest BCUT2D eigenvalue weighted by atomic mass is 9.89. The van der Waals surface area contributed by atoms with Crippen LogP contribution in [0.1, 0.15) is 58.4 Å². The zero-order valence-corrected chi connectivity index (χ0v) is 19.4. The van der Waals surface area contributed by atoms with E-state index in [4.69, 9.17) is 4.74 Å². The Balaban J connectivity index is 0.000000968. The van der Waals surface area contributed by atoms with Gasteiger partial charge in [-0.1, -0.05) is 57.9 Å². The largest absolute Gasteiger partial charge is 0.461 e. The number of halogens is 3. The highest BCUT2D eigenvalue weighted by atomic mass is 19.4. The summed E-state index contributed by atoms with van der Waals surface area (Å²) in [5.74, 6) is 0.623. The van der Waals surface area contributed by atoms with Crippen LogP contribution < -0.4 is 0 Å². The van der Waals surface area contributed by atoms with E-state index in [-0.39, 0.29) is 18.6 Å². The number of hydrogen-bond acceptors (Lipinski definition) is 3. The molecule has 1 aliphatic carbocycles. The zero-order chi connectivity index (χ0) is 24.0. The van der Waals surface area contributed by atoms with Gasteiger partial charge in [-0.25, -0.2) is 4.98 Å². The maximum atomic E-state index is 12.9. The highest BCUT2D eigenvalue weighted by Crippen LogP contribution is 2.32. The lowest BCUT2D eigenvalue weighted by Gasteiger charge is -2.26. The Morgan fingerprint density at radius 1 is 1.09 bits per heavy atom. The third-order valence-corrected chi connectivity index (χ3v) is 5.60. The number of benzene rings is 2. The van der Waals surface area contributed by atoms with Crippen molar-refractivity contribution in [1.82, 2.24) is 9.55 Å². The summed E-state index contributed by atoms with van der Waals surface area (Å²) in [4.78, 5) is 17.2. The average molecular weight is 461 g/mol. The molecular formula is C26H31F3N2O2. The summed E-state index contributed by atoms with van der Waals surface area (Å²) in [6, 6.07) is 12.1. The van der Waals surface area contributed by atoms with Gasteiger partial charge in [0.2, 0.25) is 0 Å². The normalized spacial score (nSPS) is 18.5. The van der Waals surface area contributed by atoms with Gasteiger partial charge >= 0.3 is 12.1 Å². The first-order valence-corrected chi connectivity index (χ1v) is 11.5. The van der Waals surface area contributed by atoms with Gasteiger partial charge in [-0.2, -0.15) is 13.2 Å². The van der Waals surface area contributed by atoms with Crippen LogP contribution in [0.5, 0.6) is 0 Å². The van der Waals surface area contributed by atoms with E-state index in [1.54, 1.807) is 4.57 Å². The third kappa shape index (κ3) is 6.36. The molecular weight excluding hydrogens is 429 g/mol. The van der Waals surface area contributed by atoms with Crippen molar-refractivity contribution in [1.29, 1.82) is 0 Å². The summed E-state index contributed by atoms with van der Waals surface area (Å²) in [7, 11) is 0. The van der Waals surface area contributed by atoms with Crippen LogP contribution in [0.25, 0.3) is 22.4 Å². The lowest BCUT2D eigenvalue weighted by molar-refractivity contribution is -0.151. The van der Waals surface area contributed by atoms with Crippen LogP contribution in [-0.2, 0) is 22.3 Å². The number of fused-ring (bicyclic) bond motifs is 1. The summed E-state index contributed by atoms with van der Waals surface area (Å²) >= 11 is 0. The van der Waals surface area contributed by atoms with E-state index < -0.39 is 11.7 Å². The van der Waals surface area contributed by atoms with Crippen molar-refractivity contribution in [2.75, 3.05) is 0 Å². The maximum absolute atomic E-state index is 12.9. The Kier molecular flexibility index (Phi) is 8.16. The smallest absolute Gasteiger partial charge is 0.416 e. The van der Waals surface area contributed by atoms with Crippen molar-refractivity contribution in [3.63, 3.8) is 0 Å². The van der Waals surface area contributed by atoms with Crippen LogP contribution in [0, 0.1) is 5.92 Å². The molecule has 4 nitrogen and oxygen atoms in total. The molecule has 0 spiro atoms. The van der Waals surface area contributed by atoms with Crippen LogP contribution in [0.2, 0.25) is 0 Å². The number of nitrogens with zero attached hydrogens (tertiary/aromatic N) is 2. The van der Waals surface area contributed by atoms with Crippen LogP contribution in [0.15, 0.2) is 48.5 Å². The lowest BCUT2D eigenvalue weighted by Crippen LogP contribution is -2.26.